The fourth-order valence-corrected chi connectivity index (χ4v) is 1.66. The predicted octanol–water partition coefficient (Wildman–Crippen LogP) is 1.90. The lowest BCUT2D eigenvalue weighted by molar-refractivity contribution is 0.350. The van der Waals surface area contributed by atoms with Gasteiger partial charge in [-0.1, -0.05) is 6.07 Å². The van der Waals surface area contributed by atoms with Crippen molar-refractivity contribution in [1.82, 2.24) is 0 Å². The van der Waals surface area contributed by atoms with E-state index in [2.05, 4.69) is 6.92 Å². The fourth-order valence-electron chi connectivity index (χ4n) is 1.66. The van der Waals surface area contributed by atoms with Crippen molar-refractivity contribution in [3.05, 3.63) is 23.3 Å². The van der Waals surface area contributed by atoms with Crippen LogP contribution in [0.15, 0.2) is 12.1 Å². The van der Waals surface area contributed by atoms with Gasteiger partial charge < -0.3 is 15.2 Å². The molecule has 0 amide bonds. The second-order valence-corrected chi connectivity index (χ2v) is 3.78. The third kappa shape index (κ3) is 2.63. The normalized spacial score (nSPS) is 12.3. The molecule has 0 heterocycles. The van der Waals surface area contributed by atoms with Gasteiger partial charge in [-0.25, -0.2) is 0 Å². The van der Waals surface area contributed by atoms with Crippen LogP contribution in [0.4, 0.5) is 0 Å². The lowest BCUT2D eigenvalue weighted by Gasteiger charge is -2.16. The Bertz CT molecular complexity index is 335. The van der Waals surface area contributed by atoms with Gasteiger partial charge >= 0.3 is 0 Å². The van der Waals surface area contributed by atoms with Crippen LogP contribution in [0.5, 0.6) is 11.5 Å². The van der Waals surface area contributed by atoms with Gasteiger partial charge in [-0.2, -0.15) is 0 Å². The van der Waals surface area contributed by atoms with Crippen LogP contribution in [0, 0.1) is 6.92 Å². The summed E-state index contributed by atoms with van der Waals surface area (Å²) < 4.78 is 10.6. The molecule has 0 aliphatic rings. The van der Waals surface area contributed by atoms with Crippen molar-refractivity contribution in [2.45, 2.75) is 26.3 Å². The molecular formula is C12H19NO2. The molecule has 15 heavy (non-hydrogen) atoms. The molecule has 0 aromatic heterocycles. The van der Waals surface area contributed by atoms with E-state index < -0.39 is 0 Å². The Hall–Kier alpha value is -1.22. The first-order chi connectivity index (χ1) is 7.10. The molecular weight excluding hydrogens is 190 g/mol. The van der Waals surface area contributed by atoms with Crippen molar-refractivity contribution in [2.75, 3.05) is 14.2 Å². The summed E-state index contributed by atoms with van der Waals surface area (Å²) in [5.74, 6) is 1.56. The highest BCUT2D eigenvalue weighted by Crippen LogP contribution is 2.33. The maximum atomic E-state index is 5.81. The molecule has 3 nitrogen and oxygen atoms in total. The molecule has 84 valence electrons. The largest absolute Gasteiger partial charge is 0.493 e. The van der Waals surface area contributed by atoms with E-state index in [1.165, 1.54) is 5.56 Å². The van der Waals surface area contributed by atoms with Gasteiger partial charge in [0.1, 0.15) is 0 Å². The first-order valence-corrected chi connectivity index (χ1v) is 5.06. The zero-order valence-corrected chi connectivity index (χ0v) is 9.83. The predicted molar refractivity (Wildman–Crippen MR) is 61.6 cm³/mol. The first-order valence-electron chi connectivity index (χ1n) is 5.06. The van der Waals surface area contributed by atoms with Crippen LogP contribution in [0.2, 0.25) is 0 Å². The maximum Gasteiger partial charge on any atom is 0.164 e. The second kappa shape index (κ2) is 5.03. The van der Waals surface area contributed by atoms with Gasteiger partial charge in [0.2, 0.25) is 0 Å². The van der Waals surface area contributed by atoms with Crippen molar-refractivity contribution < 1.29 is 9.47 Å². The molecule has 0 aliphatic heterocycles. The monoisotopic (exact) mass is 209 g/mol. The number of hydrogen-bond donors (Lipinski definition) is 1. The lowest BCUT2D eigenvalue weighted by Crippen LogP contribution is -2.19. The van der Waals surface area contributed by atoms with Gasteiger partial charge in [0, 0.05) is 11.6 Å². The summed E-state index contributed by atoms with van der Waals surface area (Å²) in [7, 11) is 3.30. The van der Waals surface area contributed by atoms with E-state index in [1.807, 2.05) is 19.1 Å². The molecule has 1 unspecified atom stereocenters. The van der Waals surface area contributed by atoms with Crippen LogP contribution in [0.25, 0.3) is 0 Å². The Balaban J connectivity index is 3.19. The van der Waals surface area contributed by atoms with E-state index in [0.717, 1.165) is 23.5 Å². The van der Waals surface area contributed by atoms with Gasteiger partial charge in [0.15, 0.2) is 11.5 Å². The van der Waals surface area contributed by atoms with Gasteiger partial charge in [0.25, 0.3) is 0 Å². The van der Waals surface area contributed by atoms with Crippen LogP contribution in [-0.2, 0) is 6.42 Å². The highest BCUT2D eigenvalue weighted by atomic mass is 16.5. The molecule has 1 rings (SSSR count). The highest BCUT2D eigenvalue weighted by molar-refractivity contribution is 5.50. The van der Waals surface area contributed by atoms with Crippen molar-refractivity contribution in [3.8, 4) is 11.5 Å². The molecule has 1 atom stereocenters. The summed E-state index contributed by atoms with van der Waals surface area (Å²) in [5, 5.41) is 0. The molecule has 0 saturated carbocycles. The number of aryl methyl sites for hydroxylation is 1. The second-order valence-electron chi connectivity index (χ2n) is 3.78. The van der Waals surface area contributed by atoms with Gasteiger partial charge in [0.05, 0.1) is 14.2 Å². The topological polar surface area (TPSA) is 44.5 Å². The van der Waals surface area contributed by atoms with Crippen LogP contribution in [0.3, 0.4) is 0 Å². The summed E-state index contributed by atoms with van der Waals surface area (Å²) in [4.78, 5) is 0. The lowest BCUT2D eigenvalue weighted by atomic mass is 10.0. The molecule has 0 radical (unpaired) electrons. The van der Waals surface area contributed by atoms with Gasteiger partial charge in [-0.15, -0.1) is 0 Å². The van der Waals surface area contributed by atoms with Crippen LogP contribution in [-0.4, -0.2) is 20.3 Å². The number of benzene rings is 1. The first kappa shape index (κ1) is 11.9. The number of ether oxygens (including phenoxy) is 2. The average Bonchev–Trinajstić information content (AvgIpc) is 2.20. The smallest absolute Gasteiger partial charge is 0.164 e. The number of methoxy groups -OCH3 is 2. The molecule has 0 fully saturated rings. The minimum atomic E-state index is 0.115. The maximum absolute atomic E-state index is 5.81. The quantitative estimate of drug-likeness (QED) is 0.823. The zero-order valence-electron chi connectivity index (χ0n) is 9.83. The van der Waals surface area contributed by atoms with Crippen molar-refractivity contribution >= 4 is 0 Å². The summed E-state index contributed by atoms with van der Waals surface area (Å²) in [6, 6.07) is 4.06. The molecule has 0 spiro atoms. The molecule has 1 aromatic carbocycles. The Morgan fingerprint density at radius 3 is 2.40 bits per heavy atom. The number of nitrogens with two attached hydrogens (primary N) is 1. The highest BCUT2D eigenvalue weighted by Gasteiger charge is 2.13. The summed E-state index contributed by atoms with van der Waals surface area (Å²) in [6.07, 6.45) is 0.798. The Labute approximate surface area is 91.2 Å². The van der Waals surface area contributed by atoms with Crippen LogP contribution >= 0.6 is 0 Å². The summed E-state index contributed by atoms with van der Waals surface area (Å²) >= 11 is 0. The molecule has 3 heteroatoms. The van der Waals surface area contributed by atoms with Crippen LogP contribution in [0.1, 0.15) is 18.1 Å². The molecule has 1 aromatic rings. The Morgan fingerprint density at radius 1 is 1.27 bits per heavy atom. The van der Waals surface area contributed by atoms with E-state index in [0.29, 0.717) is 0 Å². The minimum absolute atomic E-state index is 0.115. The average molecular weight is 209 g/mol. The molecule has 0 aliphatic carbocycles. The number of rotatable bonds is 4. The minimum Gasteiger partial charge on any atom is -0.493 e. The van der Waals surface area contributed by atoms with Crippen molar-refractivity contribution in [3.63, 3.8) is 0 Å². The molecule has 2 N–H and O–H groups in total. The van der Waals surface area contributed by atoms with Gasteiger partial charge in [-0.3, -0.25) is 0 Å². The SMILES string of the molecule is COc1ccc(C)c(CC(C)N)c1OC. The van der Waals surface area contributed by atoms with Crippen molar-refractivity contribution in [1.29, 1.82) is 0 Å². The summed E-state index contributed by atoms with van der Waals surface area (Å²) in [5.41, 5.74) is 8.13. The Kier molecular flexibility index (Phi) is 3.97. The van der Waals surface area contributed by atoms with E-state index >= 15 is 0 Å². The van der Waals surface area contributed by atoms with E-state index in [1.54, 1.807) is 14.2 Å². The molecule has 0 bridgehead atoms. The van der Waals surface area contributed by atoms with Crippen molar-refractivity contribution in [2.24, 2.45) is 5.73 Å². The standard InChI is InChI=1S/C12H19NO2/c1-8-5-6-11(14-3)12(15-4)10(8)7-9(2)13/h5-6,9H,7,13H2,1-4H3. The fraction of sp³-hybridized carbons (Fsp3) is 0.500. The third-order valence-corrected chi connectivity index (χ3v) is 2.41. The van der Waals surface area contributed by atoms with Gasteiger partial charge in [-0.05, 0) is 31.9 Å². The zero-order chi connectivity index (χ0) is 11.4. The number of hydrogen-bond acceptors (Lipinski definition) is 3. The van der Waals surface area contributed by atoms with Crippen LogP contribution < -0.4 is 15.2 Å². The van der Waals surface area contributed by atoms with E-state index in [9.17, 15) is 0 Å². The molecule has 0 saturated heterocycles. The third-order valence-electron chi connectivity index (χ3n) is 2.41. The summed E-state index contributed by atoms with van der Waals surface area (Å²) in [6.45, 7) is 4.04. The van der Waals surface area contributed by atoms with E-state index in [4.69, 9.17) is 15.2 Å². The Morgan fingerprint density at radius 2 is 1.93 bits per heavy atom. The van der Waals surface area contributed by atoms with E-state index in [-0.39, 0.29) is 6.04 Å².